The molecular formula is C9H14N2O3. The molecule has 0 aliphatic rings. The standard InChI is InChI=1S/C9H14N2O3/c1-3-10-5-4-8(13)11(9(10)14)6-7(2)12/h4-5,7,12H,3,6H2,1-2H3. The van der Waals surface area contributed by atoms with Crippen molar-refractivity contribution < 1.29 is 5.11 Å². The fourth-order valence-electron chi connectivity index (χ4n) is 1.23. The molecule has 0 amide bonds. The van der Waals surface area contributed by atoms with E-state index >= 15 is 0 Å². The number of rotatable bonds is 3. The van der Waals surface area contributed by atoms with Crippen LogP contribution in [0.4, 0.5) is 0 Å². The molecule has 1 N–H and O–H groups in total. The van der Waals surface area contributed by atoms with E-state index in [1.807, 2.05) is 6.92 Å². The summed E-state index contributed by atoms with van der Waals surface area (Å²) in [6.45, 7) is 3.91. The van der Waals surface area contributed by atoms with Crippen molar-refractivity contribution in [3.8, 4) is 0 Å². The molecule has 0 spiro atoms. The smallest absolute Gasteiger partial charge is 0.331 e. The second-order valence-corrected chi connectivity index (χ2v) is 3.18. The molecular weight excluding hydrogens is 184 g/mol. The maximum atomic E-state index is 11.6. The van der Waals surface area contributed by atoms with Crippen LogP contribution >= 0.6 is 0 Å². The minimum atomic E-state index is -0.701. The molecule has 0 aliphatic carbocycles. The topological polar surface area (TPSA) is 64.2 Å². The molecule has 14 heavy (non-hydrogen) atoms. The lowest BCUT2D eigenvalue weighted by Crippen LogP contribution is -2.40. The molecule has 0 bridgehead atoms. The first-order valence-electron chi connectivity index (χ1n) is 4.54. The zero-order valence-corrected chi connectivity index (χ0v) is 8.30. The van der Waals surface area contributed by atoms with E-state index in [1.54, 1.807) is 0 Å². The molecule has 5 heteroatoms. The van der Waals surface area contributed by atoms with Crippen LogP contribution in [0.3, 0.4) is 0 Å². The predicted molar refractivity (Wildman–Crippen MR) is 52.3 cm³/mol. The van der Waals surface area contributed by atoms with E-state index < -0.39 is 6.10 Å². The average molecular weight is 198 g/mol. The van der Waals surface area contributed by atoms with Crippen LogP contribution < -0.4 is 11.2 Å². The summed E-state index contributed by atoms with van der Waals surface area (Å²) in [5.74, 6) is 0. The van der Waals surface area contributed by atoms with Crippen LogP contribution in [0, 0.1) is 0 Å². The summed E-state index contributed by atoms with van der Waals surface area (Å²) >= 11 is 0. The molecule has 0 fully saturated rings. The van der Waals surface area contributed by atoms with Crippen molar-refractivity contribution in [3.05, 3.63) is 33.1 Å². The molecule has 1 rings (SSSR count). The van der Waals surface area contributed by atoms with Crippen LogP contribution in [0.2, 0.25) is 0 Å². The van der Waals surface area contributed by atoms with Crippen molar-refractivity contribution in [2.24, 2.45) is 0 Å². The van der Waals surface area contributed by atoms with Gasteiger partial charge in [-0.1, -0.05) is 0 Å². The number of aromatic nitrogens is 2. The monoisotopic (exact) mass is 198 g/mol. The summed E-state index contributed by atoms with van der Waals surface area (Å²) < 4.78 is 2.46. The average Bonchev–Trinajstić information content (AvgIpc) is 2.12. The quantitative estimate of drug-likeness (QED) is 0.706. The van der Waals surface area contributed by atoms with Crippen molar-refractivity contribution in [2.75, 3.05) is 0 Å². The largest absolute Gasteiger partial charge is 0.392 e. The number of hydrogen-bond donors (Lipinski definition) is 1. The number of nitrogens with zero attached hydrogens (tertiary/aromatic N) is 2. The van der Waals surface area contributed by atoms with E-state index in [1.165, 1.54) is 23.8 Å². The Morgan fingerprint density at radius 3 is 2.64 bits per heavy atom. The maximum absolute atomic E-state index is 11.6. The second-order valence-electron chi connectivity index (χ2n) is 3.18. The lowest BCUT2D eigenvalue weighted by atomic mass is 10.4. The molecule has 0 aliphatic heterocycles. The van der Waals surface area contributed by atoms with Gasteiger partial charge in [-0.3, -0.25) is 9.36 Å². The SMILES string of the molecule is CCn1ccc(=O)n(CC(C)O)c1=O. The van der Waals surface area contributed by atoms with Crippen LogP contribution in [0.1, 0.15) is 13.8 Å². The van der Waals surface area contributed by atoms with Gasteiger partial charge in [0.1, 0.15) is 0 Å². The van der Waals surface area contributed by atoms with Crippen LogP contribution in [0.5, 0.6) is 0 Å². The lowest BCUT2D eigenvalue weighted by Gasteiger charge is -2.09. The van der Waals surface area contributed by atoms with Crippen molar-refractivity contribution in [1.29, 1.82) is 0 Å². The first-order chi connectivity index (χ1) is 6.56. The molecule has 0 radical (unpaired) electrons. The lowest BCUT2D eigenvalue weighted by molar-refractivity contribution is 0.169. The first kappa shape index (κ1) is 10.7. The van der Waals surface area contributed by atoms with Gasteiger partial charge in [0.2, 0.25) is 0 Å². The second kappa shape index (κ2) is 4.23. The zero-order valence-electron chi connectivity index (χ0n) is 8.30. The summed E-state index contributed by atoms with van der Waals surface area (Å²) in [5.41, 5.74) is -0.749. The zero-order chi connectivity index (χ0) is 10.7. The summed E-state index contributed by atoms with van der Waals surface area (Å²) in [6, 6.07) is 1.33. The highest BCUT2D eigenvalue weighted by atomic mass is 16.3. The van der Waals surface area contributed by atoms with Gasteiger partial charge < -0.3 is 9.67 Å². The summed E-state index contributed by atoms with van der Waals surface area (Å²) in [4.78, 5) is 22.9. The van der Waals surface area contributed by atoms with Gasteiger partial charge in [0.25, 0.3) is 5.56 Å². The summed E-state index contributed by atoms with van der Waals surface area (Å²) in [6.07, 6.45) is 0.761. The van der Waals surface area contributed by atoms with Gasteiger partial charge in [0.05, 0.1) is 12.6 Å². The van der Waals surface area contributed by atoms with E-state index in [-0.39, 0.29) is 17.8 Å². The molecule has 1 aromatic rings. The van der Waals surface area contributed by atoms with E-state index in [4.69, 9.17) is 5.11 Å². The van der Waals surface area contributed by atoms with E-state index in [9.17, 15) is 9.59 Å². The minimum Gasteiger partial charge on any atom is -0.392 e. The fraction of sp³-hybridized carbons (Fsp3) is 0.556. The van der Waals surface area contributed by atoms with E-state index in [0.29, 0.717) is 6.54 Å². The van der Waals surface area contributed by atoms with Crippen molar-refractivity contribution >= 4 is 0 Å². The molecule has 1 heterocycles. The Kier molecular flexibility index (Phi) is 3.24. The Bertz CT molecular complexity index is 417. The van der Waals surface area contributed by atoms with Crippen LogP contribution in [0.15, 0.2) is 21.9 Å². The summed E-state index contributed by atoms with van der Waals surface area (Å²) in [7, 11) is 0. The number of hydrogen-bond acceptors (Lipinski definition) is 3. The van der Waals surface area contributed by atoms with Crippen molar-refractivity contribution in [1.82, 2.24) is 9.13 Å². The van der Waals surface area contributed by atoms with E-state index in [0.717, 1.165) is 4.57 Å². The van der Waals surface area contributed by atoms with Gasteiger partial charge in [0.15, 0.2) is 0 Å². The predicted octanol–water partition coefficient (Wildman–Crippen LogP) is -0.589. The van der Waals surface area contributed by atoms with Crippen molar-refractivity contribution in [3.63, 3.8) is 0 Å². The molecule has 0 aromatic carbocycles. The third-order valence-electron chi connectivity index (χ3n) is 1.93. The Labute approximate surface area is 81.2 Å². The fourth-order valence-corrected chi connectivity index (χ4v) is 1.23. The van der Waals surface area contributed by atoms with Crippen LogP contribution in [0.25, 0.3) is 0 Å². The minimum absolute atomic E-state index is 0.0402. The van der Waals surface area contributed by atoms with Gasteiger partial charge in [-0.05, 0) is 13.8 Å². The molecule has 78 valence electrons. The molecule has 1 aromatic heterocycles. The van der Waals surface area contributed by atoms with E-state index in [2.05, 4.69) is 0 Å². The number of aliphatic hydroxyl groups is 1. The molecule has 0 saturated carbocycles. The Morgan fingerprint density at radius 2 is 2.14 bits per heavy atom. The van der Waals surface area contributed by atoms with Gasteiger partial charge in [-0.25, -0.2) is 4.79 Å². The van der Waals surface area contributed by atoms with Crippen LogP contribution in [-0.2, 0) is 13.1 Å². The molecule has 0 saturated heterocycles. The molecule has 1 atom stereocenters. The van der Waals surface area contributed by atoms with Gasteiger partial charge >= 0.3 is 5.69 Å². The highest BCUT2D eigenvalue weighted by molar-refractivity contribution is 4.86. The first-order valence-corrected chi connectivity index (χ1v) is 4.54. The number of aryl methyl sites for hydroxylation is 1. The normalized spacial score (nSPS) is 12.8. The van der Waals surface area contributed by atoms with Crippen molar-refractivity contribution in [2.45, 2.75) is 33.0 Å². The third-order valence-corrected chi connectivity index (χ3v) is 1.93. The highest BCUT2D eigenvalue weighted by Gasteiger charge is 2.06. The Hall–Kier alpha value is -1.36. The van der Waals surface area contributed by atoms with Gasteiger partial charge in [-0.2, -0.15) is 0 Å². The summed E-state index contributed by atoms with van der Waals surface area (Å²) in [5, 5.41) is 9.11. The maximum Gasteiger partial charge on any atom is 0.331 e. The third kappa shape index (κ3) is 2.11. The van der Waals surface area contributed by atoms with Gasteiger partial charge in [-0.15, -0.1) is 0 Å². The van der Waals surface area contributed by atoms with Crippen LogP contribution in [-0.4, -0.2) is 20.3 Å². The number of aliphatic hydroxyl groups excluding tert-OH is 1. The highest BCUT2D eigenvalue weighted by Crippen LogP contribution is 1.83. The Balaban J connectivity index is 3.26. The van der Waals surface area contributed by atoms with Gasteiger partial charge in [0, 0.05) is 18.8 Å². The molecule has 5 nitrogen and oxygen atoms in total. The Morgan fingerprint density at radius 1 is 1.50 bits per heavy atom. The molecule has 1 unspecified atom stereocenters.